The van der Waals surface area contributed by atoms with Crippen molar-refractivity contribution >= 4 is 17.9 Å². The first-order valence-corrected chi connectivity index (χ1v) is 9.95. The molecule has 2 amide bonds. The predicted molar refractivity (Wildman–Crippen MR) is 117 cm³/mol. The first-order chi connectivity index (χ1) is 14.9. The molecule has 0 aliphatic carbocycles. The molecule has 0 N–H and O–H groups in total. The van der Waals surface area contributed by atoms with Gasteiger partial charge in [-0.3, -0.25) is 14.5 Å². The second-order valence-electron chi connectivity index (χ2n) is 7.21. The molecule has 0 atom stereocenters. The summed E-state index contributed by atoms with van der Waals surface area (Å²) in [7, 11) is 1.55. The van der Waals surface area contributed by atoms with Crippen LogP contribution in [-0.4, -0.2) is 30.4 Å². The van der Waals surface area contributed by atoms with Crippen molar-refractivity contribution in [2.24, 2.45) is 0 Å². The highest BCUT2D eigenvalue weighted by Gasteiger charge is 2.34. The standard InChI is InChI=1S/C25H24N2O4/c1-5-27-24(28)20(17(3)21(14-26)25(27)29)12-19-10-11-22(23(13-19)30-4)31-15-18-8-6-16(2)7-9-18/h6-13H,5,15H2,1-4H3/b20-12+. The van der Waals surface area contributed by atoms with Gasteiger partial charge in [-0.2, -0.15) is 5.26 Å². The van der Waals surface area contributed by atoms with Crippen LogP contribution in [0.4, 0.5) is 0 Å². The van der Waals surface area contributed by atoms with E-state index in [1.54, 1.807) is 45.2 Å². The number of rotatable bonds is 6. The summed E-state index contributed by atoms with van der Waals surface area (Å²) in [6.45, 7) is 5.94. The normalized spacial score (nSPS) is 15.3. The predicted octanol–water partition coefficient (Wildman–Crippen LogP) is 4.19. The van der Waals surface area contributed by atoms with Crippen molar-refractivity contribution in [3.63, 3.8) is 0 Å². The maximum Gasteiger partial charge on any atom is 0.271 e. The molecule has 0 unspecified atom stereocenters. The molecule has 2 aromatic carbocycles. The van der Waals surface area contributed by atoms with Gasteiger partial charge in [0.25, 0.3) is 11.8 Å². The van der Waals surface area contributed by atoms with Crippen LogP contribution in [0, 0.1) is 18.3 Å². The van der Waals surface area contributed by atoms with E-state index in [9.17, 15) is 14.9 Å². The highest BCUT2D eigenvalue weighted by atomic mass is 16.5. The van der Waals surface area contributed by atoms with Crippen molar-refractivity contribution in [2.45, 2.75) is 27.4 Å². The third kappa shape index (κ3) is 4.51. The van der Waals surface area contributed by atoms with Crippen LogP contribution in [0.2, 0.25) is 0 Å². The van der Waals surface area contributed by atoms with E-state index in [1.807, 2.05) is 37.3 Å². The van der Waals surface area contributed by atoms with Crippen LogP contribution in [0.3, 0.4) is 0 Å². The Bertz CT molecular complexity index is 1120. The Morgan fingerprint density at radius 1 is 1.03 bits per heavy atom. The summed E-state index contributed by atoms with van der Waals surface area (Å²) in [5.41, 5.74) is 3.60. The van der Waals surface area contributed by atoms with Gasteiger partial charge in [0.05, 0.1) is 7.11 Å². The van der Waals surface area contributed by atoms with E-state index >= 15 is 0 Å². The Morgan fingerprint density at radius 2 is 1.74 bits per heavy atom. The zero-order valence-corrected chi connectivity index (χ0v) is 18.1. The summed E-state index contributed by atoms with van der Waals surface area (Å²) in [4.78, 5) is 26.2. The number of carbonyl (C=O) groups is 2. The van der Waals surface area contributed by atoms with E-state index in [1.165, 1.54) is 5.56 Å². The second kappa shape index (κ2) is 9.31. The van der Waals surface area contributed by atoms with Gasteiger partial charge in [-0.15, -0.1) is 0 Å². The third-order valence-electron chi connectivity index (χ3n) is 5.16. The fourth-order valence-electron chi connectivity index (χ4n) is 3.32. The Hall–Kier alpha value is -3.85. The summed E-state index contributed by atoms with van der Waals surface area (Å²) >= 11 is 0. The summed E-state index contributed by atoms with van der Waals surface area (Å²) in [5, 5.41) is 9.37. The number of amides is 2. The number of hydrogen-bond donors (Lipinski definition) is 0. The van der Waals surface area contributed by atoms with Crippen LogP contribution in [0.25, 0.3) is 6.08 Å². The van der Waals surface area contributed by atoms with Gasteiger partial charge in [0.1, 0.15) is 18.2 Å². The first kappa shape index (κ1) is 21.8. The Kier molecular flexibility index (Phi) is 6.56. The summed E-state index contributed by atoms with van der Waals surface area (Å²) < 4.78 is 11.4. The number of nitriles is 1. The molecule has 6 heteroatoms. The van der Waals surface area contributed by atoms with Crippen LogP contribution in [0.1, 0.15) is 30.5 Å². The minimum absolute atomic E-state index is 0.0160. The van der Waals surface area contributed by atoms with E-state index in [-0.39, 0.29) is 12.1 Å². The van der Waals surface area contributed by atoms with Gasteiger partial charge in [0, 0.05) is 12.1 Å². The largest absolute Gasteiger partial charge is 0.493 e. The highest BCUT2D eigenvalue weighted by molar-refractivity contribution is 6.19. The van der Waals surface area contributed by atoms with Crippen molar-refractivity contribution in [3.8, 4) is 17.6 Å². The number of benzene rings is 2. The summed E-state index contributed by atoms with van der Waals surface area (Å²) in [6, 6.07) is 15.3. The number of carbonyl (C=O) groups excluding carboxylic acids is 2. The third-order valence-corrected chi connectivity index (χ3v) is 5.16. The van der Waals surface area contributed by atoms with E-state index in [4.69, 9.17) is 9.47 Å². The number of imide groups is 1. The Morgan fingerprint density at radius 3 is 2.35 bits per heavy atom. The zero-order chi connectivity index (χ0) is 22.5. The molecule has 2 aromatic rings. The average Bonchev–Trinajstić information content (AvgIpc) is 2.77. The molecule has 3 rings (SSSR count). The average molecular weight is 416 g/mol. The van der Waals surface area contributed by atoms with Crippen LogP contribution < -0.4 is 9.47 Å². The van der Waals surface area contributed by atoms with Gasteiger partial charge in [0.15, 0.2) is 11.5 Å². The van der Waals surface area contributed by atoms with Gasteiger partial charge in [-0.25, -0.2) is 0 Å². The fourth-order valence-corrected chi connectivity index (χ4v) is 3.32. The molecular weight excluding hydrogens is 392 g/mol. The minimum Gasteiger partial charge on any atom is -0.493 e. The van der Waals surface area contributed by atoms with E-state index < -0.39 is 11.8 Å². The second-order valence-corrected chi connectivity index (χ2v) is 7.21. The van der Waals surface area contributed by atoms with Crippen LogP contribution in [-0.2, 0) is 16.2 Å². The van der Waals surface area contributed by atoms with Gasteiger partial charge in [-0.05, 0) is 55.7 Å². The maximum absolute atomic E-state index is 12.8. The number of nitrogens with zero attached hydrogens (tertiary/aromatic N) is 2. The van der Waals surface area contributed by atoms with Crippen molar-refractivity contribution in [1.82, 2.24) is 4.90 Å². The monoisotopic (exact) mass is 416 g/mol. The van der Waals surface area contributed by atoms with Gasteiger partial charge >= 0.3 is 0 Å². The maximum atomic E-state index is 12.8. The van der Waals surface area contributed by atoms with E-state index in [0.717, 1.165) is 10.5 Å². The Balaban J connectivity index is 1.91. The number of ether oxygens (including phenoxy) is 2. The molecular formula is C25H24N2O4. The SMILES string of the molecule is CCN1C(=O)C(C#N)=C(C)/C(=C\c2ccc(OCc3ccc(C)cc3)c(OC)c2)C1=O. The van der Waals surface area contributed by atoms with Gasteiger partial charge < -0.3 is 9.47 Å². The lowest BCUT2D eigenvalue weighted by molar-refractivity contribution is -0.140. The van der Waals surface area contributed by atoms with Crippen LogP contribution >= 0.6 is 0 Å². The lowest BCUT2D eigenvalue weighted by Gasteiger charge is -2.26. The lowest BCUT2D eigenvalue weighted by atomic mass is 9.93. The molecule has 0 spiro atoms. The van der Waals surface area contributed by atoms with Crippen molar-refractivity contribution in [2.75, 3.05) is 13.7 Å². The molecule has 0 aromatic heterocycles. The molecule has 1 aliphatic rings. The molecule has 0 saturated carbocycles. The van der Waals surface area contributed by atoms with E-state index in [0.29, 0.717) is 34.8 Å². The highest BCUT2D eigenvalue weighted by Crippen LogP contribution is 2.32. The zero-order valence-electron chi connectivity index (χ0n) is 18.1. The molecule has 1 aliphatic heterocycles. The van der Waals surface area contributed by atoms with E-state index in [2.05, 4.69) is 0 Å². The molecule has 1 heterocycles. The molecule has 0 radical (unpaired) electrons. The quantitative estimate of drug-likeness (QED) is 0.521. The van der Waals surface area contributed by atoms with Crippen LogP contribution in [0.15, 0.2) is 59.2 Å². The number of likely N-dealkylation sites (N-methyl/N-ethyl adjacent to an activating group) is 1. The van der Waals surface area contributed by atoms with Crippen LogP contribution in [0.5, 0.6) is 11.5 Å². The summed E-state index contributed by atoms with van der Waals surface area (Å²) in [6.07, 6.45) is 1.66. The molecule has 31 heavy (non-hydrogen) atoms. The van der Waals surface area contributed by atoms with Crippen molar-refractivity contribution < 1.29 is 19.1 Å². The molecule has 0 bridgehead atoms. The summed E-state index contributed by atoms with van der Waals surface area (Å²) in [5.74, 6) is 0.135. The van der Waals surface area contributed by atoms with Crippen molar-refractivity contribution in [1.29, 1.82) is 5.26 Å². The minimum atomic E-state index is -0.554. The first-order valence-electron chi connectivity index (χ1n) is 9.95. The number of hydrogen-bond acceptors (Lipinski definition) is 5. The molecule has 6 nitrogen and oxygen atoms in total. The van der Waals surface area contributed by atoms with Crippen molar-refractivity contribution in [3.05, 3.63) is 75.9 Å². The molecule has 0 saturated heterocycles. The lowest BCUT2D eigenvalue weighted by Crippen LogP contribution is -2.42. The number of aryl methyl sites for hydroxylation is 1. The topological polar surface area (TPSA) is 79.6 Å². The molecule has 0 fully saturated rings. The fraction of sp³-hybridized carbons (Fsp3) is 0.240. The Labute approximate surface area is 182 Å². The smallest absolute Gasteiger partial charge is 0.271 e. The number of methoxy groups -OCH3 is 1. The van der Waals surface area contributed by atoms with Gasteiger partial charge in [-0.1, -0.05) is 35.9 Å². The molecule has 158 valence electrons. The van der Waals surface area contributed by atoms with Gasteiger partial charge in [0.2, 0.25) is 0 Å².